The van der Waals surface area contributed by atoms with Gasteiger partial charge in [-0.2, -0.15) is 0 Å². The maximum atomic E-state index is 11.6. The van der Waals surface area contributed by atoms with Gasteiger partial charge in [0, 0.05) is 31.0 Å². The predicted molar refractivity (Wildman–Crippen MR) is 101 cm³/mol. The summed E-state index contributed by atoms with van der Waals surface area (Å²) in [6.07, 6.45) is 4.80. The SMILES string of the molecule is CCC(C)(C)C(=O)NCCCN(C)C.CCC(C)N1CCCC1=O. The summed E-state index contributed by atoms with van der Waals surface area (Å²) in [6, 6.07) is 0.454. The molecule has 5 nitrogen and oxygen atoms in total. The second kappa shape index (κ2) is 11.5. The Morgan fingerprint density at radius 3 is 2.38 bits per heavy atom. The average Bonchev–Trinajstić information content (AvgIpc) is 2.97. The number of hydrogen-bond acceptors (Lipinski definition) is 3. The molecule has 142 valence electrons. The van der Waals surface area contributed by atoms with Crippen LogP contribution < -0.4 is 5.32 Å². The van der Waals surface area contributed by atoms with Gasteiger partial charge >= 0.3 is 0 Å². The van der Waals surface area contributed by atoms with Gasteiger partial charge < -0.3 is 15.1 Å². The highest BCUT2D eigenvalue weighted by Gasteiger charge is 2.24. The number of carbonyl (C=O) groups excluding carboxylic acids is 2. The number of rotatable bonds is 8. The van der Waals surface area contributed by atoms with Gasteiger partial charge in [0.1, 0.15) is 0 Å². The molecule has 1 saturated heterocycles. The molecule has 24 heavy (non-hydrogen) atoms. The van der Waals surface area contributed by atoms with Crippen LogP contribution in [0.25, 0.3) is 0 Å². The lowest BCUT2D eigenvalue weighted by molar-refractivity contribution is -0.130. The third-order valence-electron chi connectivity index (χ3n) is 4.80. The highest BCUT2D eigenvalue weighted by Crippen LogP contribution is 2.19. The zero-order valence-corrected chi connectivity index (χ0v) is 16.9. The predicted octanol–water partition coefficient (Wildman–Crippen LogP) is 2.90. The lowest BCUT2D eigenvalue weighted by atomic mass is 9.89. The van der Waals surface area contributed by atoms with Crippen LogP contribution >= 0.6 is 0 Å². The number of hydrogen-bond donors (Lipinski definition) is 1. The van der Waals surface area contributed by atoms with Crippen molar-refractivity contribution in [1.29, 1.82) is 0 Å². The van der Waals surface area contributed by atoms with E-state index in [9.17, 15) is 9.59 Å². The summed E-state index contributed by atoms with van der Waals surface area (Å²) < 4.78 is 0. The number of nitrogens with one attached hydrogen (secondary N) is 1. The van der Waals surface area contributed by atoms with Crippen molar-refractivity contribution >= 4 is 11.8 Å². The summed E-state index contributed by atoms with van der Waals surface area (Å²) in [5.74, 6) is 0.508. The molecular weight excluding hydrogens is 302 g/mol. The van der Waals surface area contributed by atoms with Gasteiger partial charge in [0.25, 0.3) is 0 Å². The lowest BCUT2D eigenvalue weighted by Crippen LogP contribution is -2.37. The molecule has 0 aromatic rings. The first-order chi connectivity index (χ1) is 11.2. The van der Waals surface area contributed by atoms with E-state index in [4.69, 9.17) is 0 Å². The summed E-state index contributed by atoms with van der Waals surface area (Å²) in [5.41, 5.74) is -0.224. The maximum absolute atomic E-state index is 11.6. The Hall–Kier alpha value is -1.10. The maximum Gasteiger partial charge on any atom is 0.225 e. The van der Waals surface area contributed by atoms with E-state index in [1.54, 1.807) is 0 Å². The first-order valence-corrected chi connectivity index (χ1v) is 9.38. The Bertz CT molecular complexity index is 381. The number of likely N-dealkylation sites (tertiary alicyclic amines) is 1. The van der Waals surface area contributed by atoms with Gasteiger partial charge in [-0.1, -0.05) is 27.7 Å². The van der Waals surface area contributed by atoms with Crippen molar-refractivity contribution in [2.24, 2.45) is 5.41 Å². The highest BCUT2D eigenvalue weighted by atomic mass is 16.2. The number of nitrogens with zero attached hydrogens (tertiary/aromatic N) is 2. The first-order valence-electron chi connectivity index (χ1n) is 9.38. The Kier molecular flexibility index (Phi) is 10.9. The second-order valence-electron chi connectivity index (χ2n) is 7.60. The first kappa shape index (κ1) is 22.9. The minimum absolute atomic E-state index is 0.166. The molecule has 2 amide bonds. The van der Waals surface area contributed by atoms with E-state index in [1.807, 2.05) is 39.8 Å². The number of carbonyl (C=O) groups is 2. The van der Waals surface area contributed by atoms with Crippen LogP contribution in [-0.4, -0.2) is 61.4 Å². The molecule has 1 atom stereocenters. The van der Waals surface area contributed by atoms with E-state index in [2.05, 4.69) is 24.1 Å². The molecular formula is C19H39N3O2. The summed E-state index contributed by atoms with van der Waals surface area (Å²) in [4.78, 5) is 26.8. The van der Waals surface area contributed by atoms with Crippen LogP contribution in [0.15, 0.2) is 0 Å². The van der Waals surface area contributed by atoms with Gasteiger partial charge in [0.15, 0.2) is 0 Å². The molecule has 5 heteroatoms. The van der Waals surface area contributed by atoms with Crippen LogP contribution in [-0.2, 0) is 9.59 Å². The van der Waals surface area contributed by atoms with Crippen LogP contribution in [0.4, 0.5) is 0 Å². The molecule has 1 fully saturated rings. The Morgan fingerprint density at radius 2 is 1.96 bits per heavy atom. The van der Waals surface area contributed by atoms with Crippen molar-refractivity contribution in [3.63, 3.8) is 0 Å². The standard InChI is InChI=1S/C11H24N2O.C8H15NO/c1-6-11(2,3)10(14)12-8-7-9-13(4)5;1-3-7(2)9-6-4-5-8(9)10/h6-9H2,1-5H3,(H,12,14);7H,3-6H2,1-2H3. The van der Waals surface area contributed by atoms with Crippen LogP contribution in [0.1, 0.15) is 66.7 Å². The summed E-state index contributed by atoms with van der Waals surface area (Å²) in [5, 5.41) is 2.96. The van der Waals surface area contributed by atoms with E-state index < -0.39 is 0 Å². The molecule has 1 rings (SSSR count). The third kappa shape index (κ3) is 8.67. The van der Waals surface area contributed by atoms with Crippen LogP contribution in [0, 0.1) is 5.41 Å². The van der Waals surface area contributed by atoms with E-state index in [0.29, 0.717) is 11.9 Å². The quantitative estimate of drug-likeness (QED) is 0.691. The van der Waals surface area contributed by atoms with Crippen molar-refractivity contribution in [3.8, 4) is 0 Å². The molecule has 1 heterocycles. The molecule has 0 saturated carbocycles. The van der Waals surface area contributed by atoms with Crippen molar-refractivity contribution in [2.45, 2.75) is 72.8 Å². The van der Waals surface area contributed by atoms with Crippen molar-refractivity contribution in [1.82, 2.24) is 15.1 Å². The van der Waals surface area contributed by atoms with E-state index in [1.165, 1.54) is 0 Å². The third-order valence-corrected chi connectivity index (χ3v) is 4.80. The Labute approximate surface area is 149 Å². The van der Waals surface area contributed by atoms with E-state index in [-0.39, 0.29) is 11.3 Å². The van der Waals surface area contributed by atoms with Gasteiger partial charge in [-0.25, -0.2) is 0 Å². The molecule has 0 aromatic carbocycles. The van der Waals surface area contributed by atoms with Gasteiger partial charge in [-0.15, -0.1) is 0 Å². The van der Waals surface area contributed by atoms with Gasteiger partial charge in [0.2, 0.25) is 11.8 Å². The van der Waals surface area contributed by atoms with Gasteiger partial charge in [-0.3, -0.25) is 9.59 Å². The molecule has 1 N–H and O–H groups in total. The molecule has 1 unspecified atom stereocenters. The van der Waals surface area contributed by atoms with Gasteiger partial charge in [-0.05, 0) is 53.2 Å². The topological polar surface area (TPSA) is 52.7 Å². The van der Waals surface area contributed by atoms with E-state index in [0.717, 1.165) is 51.7 Å². The summed E-state index contributed by atoms with van der Waals surface area (Å²) >= 11 is 0. The second-order valence-corrected chi connectivity index (χ2v) is 7.60. The zero-order valence-electron chi connectivity index (χ0n) is 16.9. The molecule has 0 aromatic heterocycles. The van der Waals surface area contributed by atoms with Crippen LogP contribution in [0.2, 0.25) is 0 Å². The van der Waals surface area contributed by atoms with E-state index >= 15 is 0 Å². The number of amides is 2. The monoisotopic (exact) mass is 341 g/mol. The summed E-state index contributed by atoms with van der Waals surface area (Å²) in [7, 11) is 4.08. The smallest absolute Gasteiger partial charge is 0.225 e. The average molecular weight is 342 g/mol. The summed E-state index contributed by atoms with van der Waals surface area (Å²) in [6.45, 7) is 13.0. The zero-order chi connectivity index (χ0) is 18.8. The fourth-order valence-corrected chi connectivity index (χ4v) is 2.35. The Morgan fingerprint density at radius 1 is 1.33 bits per heavy atom. The minimum Gasteiger partial charge on any atom is -0.356 e. The lowest BCUT2D eigenvalue weighted by Gasteiger charge is -2.22. The molecule has 0 radical (unpaired) electrons. The molecule has 1 aliphatic heterocycles. The van der Waals surface area contributed by atoms with Crippen LogP contribution in [0.5, 0.6) is 0 Å². The fourth-order valence-electron chi connectivity index (χ4n) is 2.35. The molecule has 0 spiro atoms. The van der Waals surface area contributed by atoms with Gasteiger partial charge in [0.05, 0.1) is 0 Å². The fraction of sp³-hybridized carbons (Fsp3) is 0.895. The Balaban J connectivity index is 0.000000463. The van der Waals surface area contributed by atoms with Crippen molar-refractivity contribution in [2.75, 3.05) is 33.7 Å². The highest BCUT2D eigenvalue weighted by molar-refractivity contribution is 5.81. The normalized spacial score (nSPS) is 16.0. The van der Waals surface area contributed by atoms with Crippen LogP contribution in [0.3, 0.4) is 0 Å². The molecule has 1 aliphatic rings. The minimum atomic E-state index is -0.224. The van der Waals surface area contributed by atoms with Crippen molar-refractivity contribution in [3.05, 3.63) is 0 Å². The van der Waals surface area contributed by atoms with Crippen molar-refractivity contribution < 1.29 is 9.59 Å². The largest absolute Gasteiger partial charge is 0.356 e. The molecule has 0 bridgehead atoms. The molecule has 0 aliphatic carbocycles.